The minimum Gasteiger partial charge on any atom is -0.378 e. The van der Waals surface area contributed by atoms with Gasteiger partial charge >= 0.3 is 0 Å². The van der Waals surface area contributed by atoms with E-state index in [1.165, 1.54) is 10.4 Å². The molecule has 0 aliphatic carbocycles. The van der Waals surface area contributed by atoms with Crippen LogP contribution in [0.3, 0.4) is 0 Å². The summed E-state index contributed by atoms with van der Waals surface area (Å²) in [5.41, 5.74) is 1.81. The van der Waals surface area contributed by atoms with Gasteiger partial charge in [0, 0.05) is 18.7 Å². The molecule has 1 aliphatic rings. The number of nitro groups is 1. The third-order valence-electron chi connectivity index (χ3n) is 3.23. The highest BCUT2D eigenvalue weighted by Crippen LogP contribution is 2.29. The number of sulfonamides is 1. The number of nitro benzene ring substituents is 1. The Morgan fingerprint density at radius 2 is 2.24 bits per heavy atom. The molecule has 3 N–H and O–H groups in total. The SMILES string of the molecule is CC1COCCN1S(=O)(=O)c1ccc([N+](=O)[O-])c(NN)c1. The number of benzene rings is 1. The van der Waals surface area contributed by atoms with Crippen LogP contribution in [0.2, 0.25) is 0 Å². The lowest BCUT2D eigenvalue weighted by atomic mass is 10.3. The summed E-state index contributed by atoms with van der Waals surface area (Å²) in [4.78, 5) is 10.1. The Morgan fingerprint density at radius 3 is 2.81 bits per heavy atom. The van der Waals surface area contributed by atoms with Crippen molar-refractivity contribution in [2.24, 2.45) is 5.84 Å². The molecule has 1 fully saturated rings. The van der Waals surface area contributed by atoms with Gasteiger partial charge in [-0.15, -0.1) is 0 Å². The van der Waals surface area contributed by atoms with Crippen molar-refractivity contribution in [3.05, 3.63) is 28.3 Å². The minimum absolute atomic E-state index is 0.0465. The lowest BCUT2D eigenvalue weighted by Crippen LogP contribution is -2.46. The Labute approximate surface area is 121 Å². The number of morpholine rings is 1. The summed E-state index contributed by atoms with van der Waals surface area (Å²) in [7, 11) is -3.75. The predicted molar refractivity (Wildman–Crippen MR) is 75.1 cm³/mol. The molecular weight excluding hydrogens is 300 g/mol. The van der Waals surface area contributed by atoms with Crippen molar-refractivity contribution in [3.8, 4) is 0 Å². The zero-order valence-corrected chi connectivity index (χ0v) is 12.2. The van der Waals surface area contributed by atoms with E-state index in [0.717, 1.165) is 12.1 Å². The maximum absolute atomic E-state index is 12.6. The van der Waals surface area contributed by atoms with Gasteiger partial charge in [0.15, 0.2) is 0 Å². The number of nitrogens with one attached hydrogen (secondary N) is 1. The van der Waals surface area contributed by atoms with Gasteiger partial charge in [-0.05, 0) is 19.1 Å². The van der Waals surface area contributed by atoms with Gasteiger partial charge < -0.3 is 10.2 Å². The molecule has 0 amide bonds. The molecule has 0 saturated carbocycles. The molecular formula is C11H16N4O5S. The van der Waals surface area contributed by atoms with Gasteiger partial charge in [-0.1, -0.05) is 0 Å². The van der Waals surface area contributed by atoms with Gasteiger partial charge in [0.05, 0.1) is 23.0 Å². The monoisotopic (exact) mass is 316 g/mol. The van der Waals surface area contributed by atoms with Crippen molar-refractivity contribution in [1.29, 1.82) is 0 Å². The summed E-state index contributed by atoms with van der Waals surface area (Å²) >= 11 is 0. The summed E-state index contributed by atoms with van der Waals surface area (Å²) in [5.74, 6) is 5.22. The fourth-order valence-electron chi connectivity index (χ4n) is 2.15. The summed E-state index contributed by atoms with van der Waals surface area (Å²) in [6.45, 7) is 2.61. The second-order valence-electron chi connectivity index (χ2n) is 4.62. The van der Waals surface area contributed by atoms with Crippen molar-refractivity contribution >= 4 is 21.4 Å². The van der Waals surface area contributed by atoms with Gasteiger partial charge in [-0.2, -0.15) is 4.31 Å². The number of ether oxygens (including phenoxy) is 1. The van der Waals surface area contributed by atoms with Crippen molar-refractivity contribution < 1.29 is 18.1 Å². The fourth-order valence-corrected chi connectivity index (χ4v) is 3.78. The smallest absolute Gasteiger partial charge is 0.293 e. The van der Waals surface area contributed by atoms with Crippen LogP contribution in [0, 0.1) is 10.1 Å². The standard InChI is InChI=1S/C11H16N4O5S/c1-8-7-20-5-4-14(8)21(18,19)9-2-3-11(15(16)17)10(6-9)13-12/h2-3,6,8,13H,4-5,7,12H2,1H3. The molecule has 1 aromatic carbocycles. The lowest BCUT2D eigenvalue weighted by Gasteiger charge is -2.32. The third kappa shape index (κ3) is 2.97. The Hall–Kier alpha value is -1.75. The molecule has 1 heterocycles. The normalized spacial score (nSPS) is 20.2. The summed E-state index contributed by atoms with van der Waals surface area (Å²) < 4.78 is 31.7. The van der Waals surface area contributed by atoms with Crippen molar-refractivity contribution in [2.45, 2.75) is 17.9 Å². The Kier molecular flexibility index (Phi) is 4.42. The van der Waals surface area contributed by atoms with Crippen LogP contribution in [-0.4, -0.2) is 43.4 Å². The minimum atomic E-state index is -3.75. The van der Waals surface area contributed by atoms with E-state index < -0.39 is 14.9 Å². The fraction of sp³-hybridized carbons (Fsp3) is 0.455. The van der Waals surface area contributed by atoms with E-state index in [4.69, 9.17) is 10.6 Å². The molecule has 116 valence electrons. The van der Waals surface area contributed by atoms with Gasteiger partial charge in [0.1, 0.15) is 5.69 Å². The second-order valence-corrected chi connectivity index (χ2v) is 6.51. The van der Waals surface area contributed by atoms with Gasteiger partial charge in [0.2, 0.25) is 10.0 Å². The van der Waals surface area contributed by atoms with Crippen molar-refractivity contribution in [3.63, 3.8) is 0 Å². The largest absolute Gasteiger partial charge is 0.378 e. The molecule has 0 spiro atoms. The summed E-state index contributed by atoms with van der Waals surface area (Å²) in [6, 6.07) is 3.19. The highest BCUT2D eigenvalue weighted by Gasteiger charge is 2.32. The maximum atomic E-state index is 12.6. The molecule has 2 rings (SSSR count). The first-order valence-electron chi connectivity index (χ1n) is 6.22. The number of nitrogens with two attached hydrogens (primary N) is 1. The first kappa shape index (κ1) is 15.6. The first-order valence-corrected chi connectivity index (χ1v) is 7.66. The van der Waals surface area contributed by atoms with Crippen LogP contribution in [0.25, 0.3) is 0 Å². The zero-order chi connectivity index (χ0) is 15.6. The number of hydrazine groups is 1. The average molecular weight is 316 g/mol. The quantitative estimate of drug-likeness (QED) is 0.464. The van der Waals surface area contributed by atoms with Crippen LogP contribution >= 0.6 is 0 Å². The third-order valence-corrected chi connectivity index (χ3v) is 5.24. The summed E-state index contributed by atoms with van der Waals surface area (Å²) in [6.07, 6.45) is 0. The molecule has 9 nitrogen and oxygen atoms in total. The molecule has 1 atom stereocenters. The van der Waals surface area contributed by atoms with E-state index >= 15 is 0 Å². The molecule has 1 unspecified atom stereocenters. The molecule has 1 aromatic rings. The number of hydrogen-bond donors (Lipinski definition) is 2. The predicted octanol–water partition coefficient (Wildman–Crippen LogP) is 0.290. The lowest BCUT2D eigenvalue weighted by molar-refractivity contribution is -0.384. The van der Waals surface area contributed by atoms with Crippen LogP contribution in [0.4, 0.5) is 11.4 Å². The number of nitrogens with zero attached hydrogens (tertiary/aromatic N) is 2. The number of rotatable bonds is 4. The Morgan fingerprint density at radius 1 is 1.52 bits per heavy atom. The van der Waals surface area contributed by atoms with E-state index in [9.17, 15) is 18.5 Å². The van der Waals surface area contributed by atoms with E-state index in [2.05, 4.69) is 5.43 Å². The average Bonchev–Trinajstić information content (AvgIpc) is 2.46. The first-order chi connectivity index (χ1) is 9.87. The zero-order valence-electron chi connectivity index (χ0n) is 11.4. The maximum Gasteiger partial charge on any atom is 0.293 e. The van der Waals surface area contributed by atoms with Crippen LogP contribution in [0.5, 0.6) is 0 Å². The molecule has 1 saturated heterocycles. The van der Waals surface area contributed by atoms with Crippen LogP contribution in [0.1, 0.15) is 6.92 Å². The van der Waals surface area contributed by atoms with E-state index in [1.807, 2.05) is 0 Å². The molecule has 0 aromatic heterocycles. The Balaban J connectivity index is 2.43. The van der Waals surface area contributed by atoms with Crippen molar-refractivity contribution in [2.75, 3.05) is 25.2 Å². The van der Waals surface area contributed by atoms with Crippen LogP contribution < -0.4 is 11.3 Å². The molecule has 0 radical (unpaired) electrons. The topological polar surface area (TPSA) is 128 Å². The van der Waals surface area contributed by atoms with E-state index in [-0.39, 0.29) is 28.9 Å². The summed E-state index contributed by atoms with van der Waals surface area (Å²) in [5, 5.41) is 10.8. The molecule has 10 heteroatoms. The van der Waals surface area contributed by atoms with Gasteiger partial charge in [-0.3, -0.25) is 16.0 Å². The van der Waals surface area contributed by atoms with Gasteiger partial charge in [-0.25, -0.2) is 8.42 Å². The van der Waals surface area contributed by atoms with Gasteiger partial charge in [0.25, 0.3) is 5.69 Å². The van der Waals surface area contributed by atoms with Crippen LogP contribution in [-0.2, 0) is 14.8 Å². The van der Waals surface area contributed by atoms with Crippen LogP contribution in [0.15, 0.2) is 23.1 Å². The number of hydrogen-bond acceptors (Lipinski definition) is 7. The number of nitrogen functional groups attached to an aromatic ring is 1. The highest BCUT2D eigenvalue weighted by atomic mass is 32.2. The number of anilines is 1. The van der Waals surface area contributed by atoms with E-state index in [1.54, 1.807) is 6.92 Å². The molecule has 0 bridgehead atoms. The highest BCUT2D eigenvalue weighted by molar-refractivity contribution is 7.89. The van der Waals surface area contributed by atoms with E-state index in [0.29, 0.717) is 13.2 Å². The van der Waals surface area contributed by atoms with Crippen molar-refractivity contribution in [1.82, 2.24) is 4.31 Å². The molecule has 1 aliphatic heterocycles. The molecule has 21 heavy (non-hydrogen) atoms. The second kappa shape index (κ2) is 5.93. The Bertz CT molecular complexity index is 648.